The number of aryl methyl sites for hydroxylation is 1. The predicted molar refractivity (Wildman–Crippen MR) is 84.2 cm³/mol. The lowest BCUT2D eigenvalue weighted by Gasteiger charge is -2.20. The van der Waals surface area contributed by atoms with Gasteiger partial charge in [0.2, 0.25) is 11.8 Å². The van der Waals surface area contributed by atoms with Gasteiger partial charge in [-0.3, -0.25) is 9.59 Å². The molecular weight excluding hydrogens is 264 g/mol. The van der Waals surface area contributed by atoms with Crippen LogP contribution in [0.2, 0.25) is 0 Å². The first kappa shape index (κ1) is 15.5. The molecule has 4 nitrogen and oxygen atoms in total. The maximum Gasteiger partial charge on any atom is 0.229 e. The van der Waals surface area contributed by atoms with Crippen molar-refractivity contribution in [3.8, 4) is 0 Å². The van der Waals surface area contributed by atoms with Gasteiger partial charge in [-0.05, 0) is 24.5 Å². The molecule has 1 atom stereocenters. The molecule has 2 amide bonds. The van der Waals surface area contributed by atoms with Crippen LogP contribution in [0.5, 0.6) is 0 Å². The van der Waals surface area contributed by atoms with Gasteiger partial charge in [0.1, 0.15) is 0 Å². The quantitative estimate of drug-likeness (QED) is 0.929. The fourth-order valence-corrected chi connectivity index (χ4v) is 2.54. The smallest absolute Gasteiger partial charge is 0.229 e. The lowest BCUT2D eigenvalue weighted by atomic mass is 9.92. The first-order chi connectivity index (χ1) is 9.74. The second-order valence-corrected chi connectivity index (χ2v) is 7.05. The highest BCUT2D eigenvalue weighted by molar-refractivity contribution is 5.96. The first-order valence-corrected chi connectivity index (χ1v) is 7.41. The molecule has 0 spiro atoms. The number of carbonyl (C=O) groups is 2. The molecule has 1 N–H and O–H groups in total. The maximum atomic E-state index is 12.1. The average molecular weight is 288 g/mol. The van der Waals surface area contributed by atoms with Gasteiger partial charge in [0.05, 0.1) is 6.04 Å². The minimum Gasteiger partial charge on any atom is -0.351 e. The molecule has 0 radical (unpaired) electrons. The molecule has 1 fully saturated rings. The molecule has 1 aromatic carbocycles. The minimum absolute atomic E-state index is 0.0195. The fraction of sp³-hybridized carbons (Fsp3) is 0.529. The number of hydrogen-bond acceptors (Lipinski definition) is 2. The van der Waals surface area contributed by atoms with Crippen LogP contribution in [0, 0.1) is 12.3 Å². The Kier molecular flexibility index (Phi) is 4.35. The summed E-state index contributed by atoms with van der Waals surface area (Å²) < 4.78 is 0. The molecule has 1 aliphatic rings. The Bertz CT molecular complexity index is 529. The Morgan fingerprint density at radius 3 is 2.48 bits per heavy atom. The molecule has 1 saturated heterocycles. The molecule has 1 unspecified atom stereocenters. The molecule has 1 aliphatic heterocycles. The van der Waals surface area contributed by atoms with Gasteiger partial charge >= 0.3 is 0 Å². The molecule has 4 heteroatoms. The molecule has 0 aliphatic carbocycles. The van der Waals surface area contributed by atoms with Gasteiger partial charge in [-0.15, -0.1) is 0 Å². The van der Waals surface area contributed by atoms with Crippen LogP contribution in [0.25, 0.3) is 0 Å². The van der Waals surface area contributed by atoms with E-state index in [1.807, 2.05) is 52.0 Å². The van der Waals surface area contributed by atoms with Gasteiger partial charge in [-0.2, -0.15) is 0 Å². The second-order valence-electron chi connectivity index (χ2n) is 7.05. The predicted octanol–water partition coefficient (Wildman–Crippen LogP) is 2.65. The van der Waals surface area contributed by atoms with E-state index in [1.165, 1.54) is 5.56 Å². The van der Waals surface area contributed by atoms with Crippen molar-refractivity contribution in [2.75, 3.05) is 11.4 Å². The third-order valence-electron chi connectivity index (χ3n) is 3.53. The zero-order valence-electron chi connectivity index (χ0n) is 13.3. The van der Waals surface area contributed by atoms with Crippen LogP contribution < -0.4 is 10.2 Å². The average Bonchev–Trinajstić information content (AvgIpc) is 2.68. The van der Waals surface area contributed by atoms with E-state index in [9.17, 15) is 9.59 Å². The molecular formula is C17H24N2O2. The summed E-state index contributed by atoms with van der Waals surface area (Å²) in [5.41, 5.74) is 2.03. The second kappa shape index (κ2) is 5.88. The van der Waals surface area contributed by atoms with E-state index in [4.69, 9.17) is 0 Å². The van der Waals surface area contributed by atoms with Crippen molar-refractivity contribution in [1.82, 2.24) is 5.32 Å². The van der Waals surface area contributed by atoms with Crippen molar-refractivity contribution in [3.05, 3.63) is 29.8 Å². The van der Waals surface area contributed by atoms with Gasteiger partial charge in [0, 0.05) is 25.1 Å². The zero-order valence-corrected chi connectivity index (χ0v) is 13.3. The Morgan fingerprint density at radius 2 is 1.90 bits per heavy atom. The lowest BCUT2D eigenvalue weighted by molar-refractivity contribution is -0.123. The van der Waals surface area contributed by atoms with Gasteiger partial charge in [-0.25, -0.2) is 0 Å². The van der Waals surface area contributed by atoms with Gasteiger partial charge < -0.3 is 10.2 Å². The number of rotatable bonds is 3. The number of hydrogen-bond donors (Lipinski definition) is 1. The van der Waals surface area contributed by atoms with Gasteiger partial charge in [0.15, 0.2) is 0 Å². The number of nitrogens with zero attached hydrogens (tertiary/aromatic N) is 1. The van der Waals surface area contributed by atoms with Gasteiger partial charge in [0.25, 0.3) is 0 Å². The van der Waals surface area contributed by atoms with Crippen LogP contribution in [0.15, 0.2) is 24.3 Å². The van der Waals surface area contributed by atoms with Crippen molar-refractivity contribution >= 4 is 17.5 Å². The van der Waals surface area contributed by atoms with E-state index in [0.717, 1.165) is 5.69 Å². The van der Waals surface area contributed by atoms with Crippen LogP contribution in [0.1, 0.15) is 39.2 Å². The largest absolute Gasteiger partial charge is 0.351 e. The van der Waals surface area contributed by atoms with Crippen LogP contribution in [-0.4, -0.2) is 24.4 Å². The molecule has 0 bridgehead atoms. The van der Waals surface area contributed by atoms with E-state index < -0.39 is 0 Å². The lowest BCUT2D eigenvalue weighted by Crippen LogP contribution is -2.38. The summed E-state index contributed by atoms with van der Waals surface area (Å²) in [7, 11) is 0. The number of anilines is 1. The van der Waals surface area contributed by atoms with Crippen LogP contribution in [0.3, 0.4) is 0 Å². The fourth-order valence-electron chi connectivity index (χ4n) is 2.54. The van der Waals surface area contributed by atoms with Crippen molar-refractivity contribution in [2.24, 2.45) is 5.41 Å². The topological polar surface area (TPSA) is 49.4 Å². The van der Waals surface area contributed by atoms with E-state index >= 15 is 0 Å². The van der Waals surface area contributed by atoms with E-state index in [1.54, 1.807) is 4.90 Å². The van der Waals surface area contributed by atoms with Crippen molar-refractivity contribution in [1.29, 1.82) is 0 Å². The van der Waals surface area contributed by atoms with E-state index in [0.29, 0.717) is 19.4 Å². The first-order valence-electron chi connectivity index (χ1n) is 7.41. The van der Waals surface area contributed by atoms with Crippen LogP contribution in [-0.2, 0) is 9.59 Å². The number of benzene rings is 1. The molecule has 114 valence electrons. The highest BCUT2D eigenvalue weighted by Crippen LogP contribution is 2.23. The summed E-state index contributed by atoms with van der Waals surface area (Å²) in [5, 5.41) is 2.98. The standard InChI is InChI=1S/C17H24N2O2/c1-12-5-7-14(8-6-12)19-11-13(9-16(19)21)18-15(20)10-17(2,3)4/h5-8,13H,9-11H2,1-4H3,(H,18,20). The SMILES string of the molecule is Cc1ccc(N2CC(NC(=O)CC(C)(C)C)CC2=O)cc1. The van der Waals surface area contributed by atoms with Crippen LogP contribution >= 0.6 is 0 Å². The Morgan fingerprint density at radius 1 is 1.29 bits per heavy atom. The third-order valence-corrected chi connectivity index (χ3v) is 3.53. The van der Waals surface area contributed by atoms with E-state index in [-0.39, 0.29) is 23.3 Å². The van der Waals surface area contributed by atoms with Crippen molar-refractivity contribution < 1.29 is 9.59 Å². The molecule has 0 saturated carbocycles. The highest BCUT2D eigenvalue weighted by atomic mass is 16.2. The van der Waals surface area contributed by atoms with E-state index in [2.05, 4.69) is 5.32 Å². The number of amides is 2. The summed E-state index contributed by atoms with van der Waals surface area (Å²) in [4.78, 5) is 25.8. The Labute approximate surface area is 126 Å². The summed E-state index contributed by atoms with van der Waals surface area (Å²) in [6.45, 7) is 8.67. The number of carbonyl (C=O) groups excluding carboxylic acids is 2. The summed E-state index contributed by atoms with van der Waals surface area (Å²) in [5.74, 6) is 0.0889. The molecule has 1 aromatic rings. The molecule has 2 rings (SSSR count). The molecule has 21 heavy (non-hydrogen) atoms. The summed E-state index contributed by atoms with van der Waals surface area (Å²) in [6.07, 6.45) is 0.853. The maximum absolute atomic E-state index is 12.1. The highest BCUT2D eigenvalue weighted by Gasteiger charge is 2.32. The number of nitrogens with one attached hydrogen (secondary N) is 1. The molecule has 1 heterocycles. The molecule has 0 aromatic heterocycles. The summed E-state index contributed by atoms with van der Waals surface area (Å²) >= 11 is 0. The van der Waals surface area contributed by atoms with Gasteiger partial charge in [-0.1, -0.05) is 38.5 Å². The monoisotopic (exact) mass is 288 g/mol. The van der Waals surface area contributed by atoms with Crippen molar-refractivity contribution in [2.45, 2.75) is 46.6 Å². The van der Waals surface area contributed by atoms with Crippen molar-refractivity contribution in [3.63, 3.8) is 0 Å². The Balaban J connectivity index is 1.96. The zero-order chi connectivity index (χ0) is 15.6. The Hall–Kier alpha value is -1.84. The normalized spacial score (nSPS) is 19.0. The van der Waals surface area contributed by atoms with Crippen LogP contribution in [0.4, 0.5) is 5.69 Å². The third kappa shape index (κ3) is 4.31. The summed E-state index contributed by atoms with van der Waals surface area (Å²) in [6, 6.07) is 7.80. The minimum atomic E-state index is -0.0892.